The van der Waals surface area contributed by atoms with Crippen molar-refractivity contribution in [1.29, 1.82) is 0 Å². The lowest BCUT2D eigenvalue weighted by Crippen LogP contribution is -2.42. The molecule has 118 valence electrons. The highest BCUT2D eigenvalue weighted by molar-refractivity contribution is 7.08. The molecule has 0 saturated carbocycles. The van der Waals surface area contributed by atoms with Crippen LogP contribution in [0.25, 0.3) is 11.4 Å². The van der Waals surface area contributed by atoms with E-state index in [4.69, 9.17) is 4.52 Å². The molecule has 2 N–H and O–H groups in total. The number of nitrogens with one attached hydrogen (secondary N) is 2. The SMILES string of the molecule is CC(C)CC(=O)NNC(=O)CCc1nc(-c2ccsc2)no1. The molecule has 2 rings (SSSR count). The van der Waals surface area contributed by atoms with Crippen LogP contribution < -0.4 is 10.9 Å². The van der Waals surface area contributed by atoms with Crippen molar-refractivity contribution >= 4 is 23.2 Å². The zero-order valence-electron chi connectivity index (χ0n) is 12.5. The standard InChI is InChI=1S/C14H18N4O3S/c1-9(2)7-12(20)17-16-11(19)3-4-13-15-14(18-21-13)10-5-6-22-8-10/h5-6,8-9H,3-4,7H2,1-2H3,(H,16,19)(H,17,20). The third kappa shape index (κ3) is 4.96. The van der Waals surface area contributed by atoms with Gasteiger partial charge in [-0.05, 0) is 17.4 Å². The normalized spacial score (nSPS) is 10.7. The van der Waals surface area contributed by atoms with Crippen LogP contribution >= 0.6 is 11.3 Å². The van der Waals surface area contributed by atoms with Gasteiger partial charge in [0, 0.05) is 30.2 Å². The summed E-state index contributed by atoms with van der Waals surface area (Å²) in [6, 6.07) is 1.90. The van der Waals surface area contributed by atoms with Gasteiger partial charge in [0.2, 0.25) is 23.5 Å². The molecule has 2 aromatic heterocycles. The van der Waals surface area contributed by atoms with Crippen molar-refractivity contribution in [1.82, 2.24) is 21.0 Å². The predicted molar refractivity (Wildman–Crippen MR) is 81.7 cm³/mol. The Bertz CT molecular complexity index is 622. The molecule has 2 amide bonds. The second-order valence-electron chi connectivity index (χ2n) is 5.22. The molecular weight excluding hydrogens is 304 g/mol. The lowest BCUT2D eigenvalue weighted by molar-refractivity contribution is -0.129. The first kappa shape index (κ1) is 16.2. The van der Waals surface area contributed by atoms with E-state index in [0.717, 1.165) is 5.56 Å². The molecule has 0 atom stereocenters. The first-order valence-corrected chi connectivity index (χ1v) is 7.91. The molecule has 0 saturated heterocycles. The molecule has 0 aliphatic heterocycles. The summed E-state index contributed by atoms with van der Waals surface area (Å²) in [7, 11) is 0. The highest BCUT2D eigenvalue weighted by Crippen LogP contribution is 2.18. The number of aromatic nitrogens is 2. The van der Waals surface area contributed by atoms with Crippen molar-refractivity contribution in [2.45, 2.75) is 33.1 Å². The van der Waals surface area contributed by atoms with Crippen molar-refractivity contribution in [3.63, 3.8) is 0 Å². The Morgan fingerprint density at radius 2 is 2.09 bits per heavy atom. The molecule has 0 aliphatic carbocycles. The Morgan fingerprint density at radius 3 is 2.77 bits per heavy atom. The summed E-state index contributed by atoms with van der Waals surface area (Å²) in [6.07, 6.45) is 0.851. The lowest BCUT2D eigenvalue weighted by Gasteiger charge is -2.07. The van der Waals surface area contributed by atoms with Crippen molar-refractivity contribution in [3.8, 4) is 11.4 Å². The van der Waals surface area contributed by atoms with Gasteiger partial charge in [0.15, 0.2) is 0 Å². The van der Waals surface area contributed by atoms with Gasteiger partial charge in [-0.25, -0.2) is 0 Å². The summed E-state index contributed by atoms with van der Waals surface area (Å²) in [5.41, 5.74) is 5.63. The summed E-state index contributed by atoms with van der Waals surface area (Å²) in [5.74, 6) is 0.644. The number of rotatable bonds is 6. The fourth-order valence-corrected chi connectivity index (χ4v) is 2.34. The van der Waals surface area contributed by atoms with Crippen molar-refractivity contribution in [2.75, 3.05) is 0 Å². The third-order valence-electron chi connectivity index (χ3n) is 2.75. The van der Waals surface area contributed by atoms with E-state index in [-0.39, 0.29) is 24.2 Å². The maximum Gasteiger partial charge on any atom is 0.238 e. The molecule has 0 spiro atoms. The zero-order valence-corrected chi connectivity index (χ0v) is 13.3. The second kappa shape index (κ2) is 7.69. The molecule has 8 heteroatoms. The summed E-state index contributed by atoms with van der Waals surface area (Å²) in [5, 5.41) is 7.71. The number of hydrogen-bond donors (Lipinski definition) is 2. The van der Waals surface area contributed by atoms with E-state index >= 15 is 0 Å². The van der Waals surface area contributed by atoms with E-state index < -0.39 is 0 Å². The molecule has 0 aliphatic rings. The summed E-state index contributed by atoms with van der Waals surface area (Å²) in [6.45, 7) is 3.87. The molecule has 2 aromatic rings. The Morgan fingerprint density at radius 1 is 1.32 bits per heavy atom. The van der Waals surface area contributed by atoms with Gasteiger partial charge in [0.1, 0.15) is 0 Å². The van der Waals surface area contributed by atoms with Crippen LogP contribution in [0.2, 0.25) is 0 Å². The Balaban J connectivity index is 1.74. The minimum atomic E-state index is -0.299. The summed E-state index contributed by atoms with van der Waals surface area (Å²) in [4.78, 5) is 27.3. The number of hydrazine groups is 1. The fraction of sp³-hybridized carbons (Fsp3) is 0.429. The number of thiophene rings is 1. The largest absolute Gasteiger partial charge is 0.339 e. The van der Waals surface area contributed by atoms with Crippen LogP contribution in [0, 0.1) is 5.92 Å². The van der Waals surface area contributed by atoms with Crippen molar-refractivity contribution in [2.24, 2.45) is 5.92 Å². The molecule has 0 fully saturated rings. The number of carbonyl (C=O) groups is 2. The van der Waals surface area contributed by atoms with E-state index in [1.807, 2.05) is 30.7 Å². The van der Waals surface area contributed by atoms with Gasteiger partial charge in [-0.1, -0.05) is 19.0 Å². The maximum atomic E-state index is 11.6. The highest BCUT2D eigenvalue weighted by atomic mass is 32.1. The second-order valence-corrected chi connectivity index (χ2v) is 6.00. The minimum Gasteiger partial charge on any atom is -0.339 e. The smallest absolute Gasteiger partial charge is 0.238 e. The van der Waals surface area contributed by atoms with E-state index in [1.165, 1.54) is 0 Å². The molecule has 0 aromatic carbocycles. The Hall–Kier alpha value is -2.22. The van der Waals surface area contributed by atoms with E-state index in [9.17, 15) is 9.59 Å². The molecule has 7 nitrogen and oxygen atoms in total. The third-order valence-corrected chi connectivity index (χ3v) is 3.43. The van der Waals surface area contributed by atoms with Gasteiger partial charge >= 0.3 is 0 Å². The number of hydrogen-bond acceptors (Lipinski definition) is 6. The van der Waals surface area contributed by atoms with Gasteiger partial charge < -0.3 is 4.52 Å². The Kier molecular flexibility index (Phi) is 5.65. The van der Waals surface area contributed by atoms with Crippen molar-refractivity contribution < 1.29 is 14.1 Å². The zero-order chi connectivity index (χ0) is 15.9. The van der Waals surface area contributed by atoms with Crippen LogP contribution in [-0.2, 0) is 16.0 Å². The van der Waals surface area contributed by atoms with Crippen LogP contribution in [0.1, 0.15) is 32.6 Å². The first-order valence-electron chi connectivity index (χ1n) is 6.97. The molecule has 22 heavy (non-hydrogen) atoms. The highest BCUT2D eigenvalue weighted by Gasteiger charge is 2.11. The van der Waals surface area contributed by atoms with Crippen LogP contribution in [0.5, 0.6) is 0 Å². The van der Waals surface area contributed by atoms with E-state index in [1.54, 1.807) is 11.3 Å². The van der Waals surface area contributed by atoms with Crippen molar-refractivity contribution in [3.05, 3.63) is 22.7 Å². The first-order chi connectivity index (χ1) is 10.5. The van der Waals surface area contributed by atoms with Gasteiger partial charge in [-0.3, -0.25) is 20.4 Å². The van der Waals surface area contributed by atoms with Gasteiger partial charge in [-0.2, -0.15) is 16.3 Å². The molecule has 2 heterocycles. The van der Waals surface area contributed by atoms with E-state index in [2.05, 4.69) is 21.0 Å². The fourth-order valence-electron chi connectivity index (χ4n) is 1.71. The van der Waals surface area contributed by atoms with Gasteiger partial charge in [0.05, 0.1) is 0 Å². The number of nitrogens with zero attached hydrogens (tertiary/aromatic N) is 2. The number of carbonyl (C=O) groups excluding carboxylic acids is 2. The molecule has 0 unspecified atom stereocenters. The van der Waals surface area contributed by atoms with Crippen LogP contribution in [-0.4, -0.2) is 22.0 Å². The van der Waals surface area contributed by atoms with E-state index in [0.29, 0.717) is 24.6 Å². The van der Waals surface area contributed by atoms with Crippen LogP contribution in [0.3, 0.4) is 0 Å². The monoisotopic (exact) mass is 322 g/mol. The topological polar surface area (TPSA) is 97.1 Å². The summed E-state index contributed by atoms with van der Waals surface area (Å²) >= 11 is 1.55. The maximum absolute atomic E-state index is 11.6. The molecule has 0 bridgehead atoms. The van der Waals surface area contributed by atoms with Crippen LogP contribution in [0.4, 0.5) is 0 Å². The molecular formula is C14H18N4O3S. The predicted octanol–water partition coefficient (Wildman–Crippen LogP) is 1.92. The number of amides is 2. The lowest BCUT2D eigenvalue weighted by atomic mass is 10.1. The number of aryl methyl sites for hydroxylation is 1. The minimum absolute atomic E-state index is 0.160. The molecule has 0 radical (unpaired) electrons. The van der Waals surface area contributed by atoms with Crippen LogP contribution in [0.15, 0.2) is 21.3 Å². The average Bonchev–Trinajstić information content (AvgIpc) is 3.12. The van der Waals surface area contributed by atoms with Gasteiger partial charge in [0.25, 0.3) is 0 Å². The van der Waals surface area contributed by atoms with Gasteiger partial charge in [-0.15, -0.1) is 0 Å². The average molecular weight is 322 g/mol. The Labute approximate surface area is 132 Å². The quantitative estimate of drug-likeness (QED) is 0.792. The summed E-state index contributed by atoms with van der Waals surface area (Å²) < 4.78 is 5.09.